The normalized spacial score (nSPS) is 10.3. The summed E-state index contributed by atoms with van der Waals surface area (Å²) in [6, 6.07) is 8.95. The monoisotopic (exact) mass is 318 g/mol. The van der Waals surface area contributed by atoms with E-state index in [0.29, 0.717) is 16.5 Å². The molecule has 116 valence electrons. The second kappa shape index (κ2) is 7.75. The zero-order chi connectivity index (χ0) is 15.9. The van der Waals surface area contributed by atoms with E-state index in [0.717, 1.165) is 25.1 Å². The molecule has 0 aliphatic heterocycles. The third-order valence-corrected chi connectivity index (χ3v) is 3.41. The van der Waals surface area contributed by atoms with Crippen molar-refractivity contribution in [2.45, 2.75) is 19.8 Å². The Balaban J connectivity index is 2.11. The molecule has 0 aliphatic carbocycles. The fourth-order valence-corrected chi connectivity index (χ4v) is 2.14. The Bertz CT molecular complexity index is 648. The fourth-order valence-electron chi connectivity index (χ4n) is 1.95. The fraction of sp³-hybridized carbons (Fsp3) is 0.312. The first-order chi connectivity index (χ1) is 10.6. The summed E-state index contributed by atoms with van der Waals surface area (Å²) >= 11 is 5.95. The number of aromatic nitrogens is 2. The van der Waals surface area contributed by atoms with Crippen molar-refractivity contribution in [1.82, 2.24) is 14.9 Å². The zero-order valence-corrected chi connectivity index (χ0v) is 13.5. The minimum absolute atomic E-state index is 0.106. The van der Waals surface area contributed by atoms with Crippen molar-refractivity contribution in [3.8, 4) is 0 Å². The molecule has 0 atom stereocenters. The smallest absolute Gasteiger partial charge is 0.272 e. The molecule has 2 rings (SSSR count). The Morgan fingerprint density at radius 1 is 1.32 bits per heavy atom. The molecular weight excluding hydrogens is 300 g/mol. The van der Waals surface area contributed by atoms with E-state index in [2.05, 4.69) is 22.2 Å². The average molecular weight is 319 g/mol. The van der Waals surface area contributed by atoms with E-state index in [1.165, 1.54) is 6.33 Å². The molecule has 1 aromatic carbocycles. The van der Waals surface area contributed by atoms with E-state index >= 15 is 0 Å². The third-order valence-electron chi connectivity index (χ3n) is 3.18. The van der Waals surface area contributed by atoms with Gasteiger partial charge in [0, 0.05) is 30.4 Å². The predicted molar refractivity (Wildman–Crippen MR) is 88.6 cm³/mol. The summed E-state index contributed by atoms with van der Waals surface area (Å²) in [7, 11) is 1.78. The zero-order valence-electron chi connectivity index (χ0n) is 12.7. The number of nitrogens with zero attached hydrogens (tertiary/aromatic N) is 3. The molecule has 1 amide bonds. The van der Waals surface area contributed by atoms with Crippen LogP contribution >= 0.6 is 11.6 Å². The summed E-state index contributed by atoms with van der Waals surface area (Å²) in [5.74, 6) is 0.453. The van der Waals surface area contributed by atoms with Crippen LogP contribution in [0.3, 0.4) is 0 Å². The van der Waals surface area contributed by atoms with E-state index in [9.17, 15) is 4.79 Å². The maximum absolute atomic E-state index is 12.3. The Morgan fingerprint density at radius 2 is 2.14 bits per heavy atom. The average Bonchev–Trinajstić information content (AvgIpc) is 2.52. The number of carbonyl (C=O) groups excluding carboxylic acids is 1. The molecule has 0 saturated heterocycles. The SMILES string of the molecule is CCCCN(C)C(=O)c1cc(Nc2cccc(Cl)c2)ncn1. The van der Waals surface area contributed by atoms with Crippen LogP contribution in [0, 0.1) is 0 Å². The highest BCUT2D eigenvalue weighted by Gasteiger charge is 2.13. The summed E-state index contributed by atoms with van der Waals surface area (Å²) in [5.41, 5.74) is 1.18. The van der Waals surface area contributed by atoms with Gasteiger partial charge in [-0.2, -0.15) is 0 Å². The van der Waals surface area contributed by atoms with Gasteiger partial charge in [-0.1, -0.05) is 31.0 Å². The predicted octanol–water partition coefficient (Wildman–Crippen LogP) is 3.75. The van der Waals surface area contributed by atoms with Crippen LogP contribution in [-0.4, -0.2) is 34.4 Å². The highest BCUT2D eigenvalue weighted by Crippen LogP contribution is 2.19. The number of carbonyl (C=O) groups is 1. The number of amides is 1. The van der Waals surface area contributed by atoms with Crippen LogP contribution in [0.15, 0.2) is 36.7 Å². The molecule has 6 heteroatoms. The highest BCUT2D eigenvalue weighted by atomic mass is 35.5. The molecule has 5 nitrogen and oxygen atoms in total. The molecule has 0 spiro atoms. The number of benzene rings is 1. The summed E-state index contributed by atoms with van der Waals surface area (Å²) in [6.07, 6.45) is 3.40. The Hall–Kier alpha value is -2.14. The van der Waals surface area contributed by atoms with Crippen molar-refractivity contribution in [2.24, 2.45) is 0 Å². The largest absolute Gasteiger partial charge is 0.340 e. The van der Waals surface area contributed by atoms with Crippen LogP contribution in [0.1, 0.15) is 30.3 Å². The molecule has 22 heavy (non-hydrogen) atoms. The molecule has 0 unspecified atom stereocenters. The second-order valence-electron chi connectivity index (χ2n) is 5.00. The lowest BCUT2D eigenvalue weighted by atomic mass is 10.3. The molecule has 1 heterocycles. The number of nitrogens with one attached hydrogen (secondary N) is 1. The summed E-state index contributed by atoms with van der Waals surface area (Å²) < 4.78 is 0. The number of hydrogen-bond donors (Lipinski definition) is 1. The van der Waals surface area contributed by atoms with Gasteiger partial charge >= 0.3 is 0 Å². The van der Waals surface area contributed by atoms with E-state index in [-0.39, 0.29) is 5.91 Å². The minimum Gasteiger partial charge on any atom is -0.340 e. The molecule has 0 radical (unpaired) electrons. The number of anilines is 2. The molecule has 0 saturated carbocycles. The third kappa shape index (κ3) is 4.43. The maximum Gasteiger partial charge on any atom is 0.272 e. The first-order valence-electron chi connectivity index (χ1n) is 7.20. The first-order valence-corrected chi connectivity index (χ1v) is 7.58. The van der Waals surface area contributed by atoms with Crippen LogP contribution in [0.2, 0.25) is 5.02 Å². The van der Waals surface area contributed by atoms with Gasteiger partial charge < -0.3 is 10.2 Å². The molecule has 1 aromatic heterocycles. The molecular formula is C16H19ClN4O. The van der Waals surface area contributed by atoms with Gasteiger partial charge in [-0.05, 0) is 24.6 Å². The van der Waals surface area contributed by atoms with Gasteiger partial charge in [0.05, 0.1) is 0 Å². The van der Waals surface area contributed by atoms with E-state index < -0.39 is 0 Å². The number of rotatable bonds is 6. The lowest BCUT2D eigenvalue weighted by Crippen LogP contribution is -2.28. The van der Waals surface area contributed by atoms with Crippen LogP contribution in [-0.2, 0) is 0 Å². The summed E-state index contributed by atoms with van der Waals surface area (Å²) in [5, 5.41) is 3.75. The van der Waals surface area contributed by atoms with Crippen molar-refractivity contribution in [3.05, 3.63) is 47.4 Å². The van der Waals surface area contributed by atoms with Crippen LogP contribution in [0.25, 0.3) is 0 Å². The van der Waals surface area contributed by atoms with Crippen molar-refractivity contribution in [2.75, 3.05) is 18.9 Å². The van der Waals surface area contributed by atoms with E-state index in [1.807, 2.05) is 12.1 Å². The molecule has 1 N–H and O–H groups in total. The van der Waals surface area contributed by atoms with Crippen LogP contribution in [0.5, 0.6) is 0 Å². The molecule has 0 bridgehead atoms. The number of unbranched alkanes of at least 4 members (excludes halogenated alkanes) is 1. The van der Waals surface area contributed by atoms with Gasteiger partial charge in [-0.3, -0.25) is 4.79 Å². The summed E-state index contributed by atoms with van der Waals surface area (Å²) in [6.45, 7) is 2.81. The van der Waals surface area contributed by atoms with Crippen molar-refractivity contribution >= 4 is 29.0 Å². The maximum atomic E-state index is 12.3. The quantitative estimate of drug-likeness (QED) is 0.881. The summed E-state index contributed by atoms with van der Waals surface area (Å²) in [4.78, 5) is 22.2. The van der Waals surface area contributed by atoms with Gasteiger partial charge in [0.25, 0.3) is 5.91 Å². The highest BCUT2D eigenvalue weighted by molar-refractivity contribution is 6.30. The van der Waals surface area contributed by atoms with Crippen molar-refractivity contribution in [1.29, 1.82) is 0 Å². The Kier molecular flexibility index (Phi) is 5.72. The van der Waals surface area contributed by atoms with Crippen LogP contribution in [0.4, 0.5) is 11.5 Å². The lowest BCUT2D eigenvalue weighted by molar-refractivity contribution is 0.0787. The van der Waals surface area contributed by atoms with Gasteiger partial charge in [0.1, 0.15) is 17.8 Å². The van der Waals surface area contributed by atoms with Gasteiger partial charge in [-0.25, -0.2) is 9.97 Å². The molecule has 0 aliphatic rings. The van der Waals surface area contributed by atoms with Crippen molar-refractivity contribution < 1.29 is 4.79 Å². The minimum atomic E-state index is -0.106. The standard InChI is InChI=1S/C16H19ClN4O/c1-3-4-8-21(2)16(22)14-10-15(19-11-18-14)20-13-7-5-6-12(17)9-13/h5-7,9-11H,3-4,8H2,1-2H3,(H,18,19,20). The second-order valence-corrected chi connectivity index (χ2v) is 5.44. The molecule has 2 aromatic rings. The van der Waals surface area contributed by atoms with Crippen LogP contribution < -0.4 is 5.32 Å². The van der Waals surface area contributed by atoms with Gasteiger partial charge in [0.15, 0.2) is 0 Å². The number of hydrogen-bond acceptors (Lipinski definition) is 4. The van der Waals surface area contributed by atoms with E-state index in [1.54, 1.807) is 30.1 Å². The number of halogens is 1. The van der Waals surface area contributed by atoms with Crippen molar-refractivity contribution in [3.63, 3.8) is 0 Å². The molecule has 0 fully saturated rings. The van der Waals surface area contributed by atoms with Gasteiger partial charge in [0.2, 0.25) is 0 Å². The van der Waals surface area contributed by atoms with Gasteiger partial charge in [-0.15, -0.1) is 0 Å². The van der Waals surface area contributed by atoms with E-state index in [4.69, 9.17) is 11.6 Å². The Labute approximate surface area is 135 Å². The lowest BCUT2D eigenvalue weighted by Gasteiger charge is -2.16. The first kappa shape index (κ1) is 16.2. The Morgan fingerprint density at radius 3 is 2.86 bits per heavy atom. The topological polar surface area (TPSA) is 58.1 Å².